The highest BCUT2D eigenvalue weighted by atomic mass is 16.5. The predicted molar refractivity (Wildman–Crippen MR) is 137 cm³/mol. The molecule has 0 aliphatic carbocycles. The lowest BCUT2D eigenvalue weighted by atomic mass is 10.0. The number of aliphatic hydroxyl groups is 1. The van der Waals surface area contributed by atoms with Gasteiger partial charge in [-0.15, -0.1) is 0 Å². The molecule has 35 heavy (non-hydrogen) atoms. The lowest BCUT2D eigenvalue weighted by molar-refractivity contribution is 0.273. The van der Waals surface area contributed by atoms with Crippen molar-refractivity contribution in [3.63, 3.8) is 0 Å². The van der Waals surface area contributed by atoms with Crippen LogP contribution in [0.2, 0.25) is 0 Å². The minimum atomic E-state index is -0.226. The molecule has 2 N–H and O–H groups in total. The van der Waals surface area contributed by atoms with Crippen LogP contribution in [0.15, 0.2) is 91.3 Å². The molecule has 0 radical (unpaired) electrons. The fraction of sp³-hybridized carbons (Fsp3) is 0.179. The van der Waals surface area contributed by atoms with Gasteiger partial charge in [-0.3, -0.25) is 0 Å². The Bertz CT molecular complexity index is 1390. The number of methoxy groups -OCH3 is 1. The largest absolute Gasteiger partial charge is 0.467 e. The smallest absolute Gasteiger partial charge is 0.320 e. The van der Waals surface area contributed by atoms with Crippen molar-refractivity contribution >= 4 is 17.0 Å². The molecule has 176 valence electrons. The average molecular weight is 466 g/mol. The van der Waals surface area contributed by atoms with Crippen molar-refractivity contribution in [3.8, 4) is 17.1 Å². The molecule has 2 aromatic heterocycles. The first-order chi connectivity index (χ1) is 17.2. The molecular formula is C28H27N5O2. The van der Waals surface area contributed by atoms with Crippen LogP contribution in [-0.2, 0) is 13.0 Å². The highest BCUT2D eigenvalue weighted by molar-refractivity contribution is 5.83. The summed E-state index contributed by atoms with van der Waals surface area (Å²) in [6.07, 6.45) is 2.42. The molecule has 0 saturated heterocycles. The Balaban J connectivity index is 1.40. The van der Waals surface area contributed by atoms with Crippen LogP contribution < -0.4 is 10.1 Å². The number of benzene rings is 3. The maximum absolute atomic E-state index is 9.99. The summed E-state index contributed by atoms with van der Waals surface area (Å²) in [5.41, 5.74) is 5.93. The topological polar surface area (TPSA) is 85.1 Å². The van der Waals surface area contributed by atoms with Gasteiger partial charge in [0.05, 0.1) is 32.6 Å². The van der Waals surface area contributed by atoms with Crippen molar-refractivity contribution in [2.75, 3.05) is 19.0 Å². The summed E-state index contributed by atoms with van der Waals surface area (Å²) < 4.78 is 7.35. The van der Waals surface area contributed by atoms with E-state index in [1.54, 1.807) is 13.4 Å². The summed E-state index contributed by atoms with van der Waals surface area (Å²) in [7, 11) is 1.54. The molecule has 2 heterocycles. The van der Waals surface area contributed by atoms with Crippen LogP contribution >= 0.6 is 0 Å². The van der Waals surface area contributed by atoms with Crippen molar-refractivity contribution in [3.05, 3.63) is 102 Å². The Kier molecular flexibility index (Phi) is 6.68. The van der Waals surface area contributed by atoms with Gasteiger partial charge < -0.3 is 19.7 Å². The second kappa shape index (κ2) is 10.4. The fourth-order valence-electron chi connectivity index (χ4n) is 4.12. The number of hydrogen-bond acceptors (Lipinski definition) is 6. The van der Waals surface area contributed by atoms with Gasteiger partial charge in [-0.25, -0.2) is 4.98 Å². The standard InChI is InChI=1S/C28H27N5O2/c1-35-28-31-26(30-24(18-34)16-20-8-4-2-5-9-20)25-27(32-28)33(19-29-25)17-21-12-14-23(15-13-21)22-10-6-3-7-11-22/h2-15,19,24,34H,16-18H2,1H3,(H,30,31,32)/t24-/m0/s1. The number of hydrogen-bond donors (Lipinski definition) is 2. The molecule has 5 rings (SSSR count). The lowest BCUT2D eigenvalue weighted by Gasteiger charge is -2.17. The number of fused-ring (bicyclic) bond motifs is 1. The number of imidazole rings is 1. The van der Waals surface area contributed by atoms with Crippen LogP contribution in [0.3, 0.4) is 0 Å². The highest BCUT2D eigenvalue weighted by Crippen LogP contribution is 2.25. The molecule has 1 atom stereocenters. The number of nitrogens with zero attached hydrogens (tertiary/aromatic N) is 4. The zero-order chi connectivity index (χ0) is 24.0. The number of aliphatic hydroxyl groups excluding tert-OH is 1. The van der Waals surface area contributed by atoms with Crippen molar-refractivity contribution < 1.29 is 9.84 Å². The first-order valence-electron chi connectivity index (χ1n) is 11.6. The molecule has 3 aromatic carbocycles. The summed E-state index contributed by atoms with van der Waals surface area (Å²) >= 11 is 0. The van der Waals surface area contributed by atoms with Gasteiger partial charge in [0.1, 0.15) is 0 Å². The number of rotatable bonds is 9. The van der Waals surface area contributed by atoms with E-state index >= 15 is 0 Å². The summed E-state index contributed by atoms with van der Waals surface area (Å²) in [4.78, 5) is 13.6. The van der Waals surface area contributed by atoms with Gasteiger partial charge in [-0.2, -0.15) is 9.97 Å². The molecule has 0 spiro atoms. The van der Waals surface area contributed by atoms with E-state index in [1.165, 1.54) is 11.1 Å². The molecule has 5 aromatic rings. The number of anilines is 1. The molecule has 0 unspecified atom stereocenters. The van der Waals surface area contributed by atoms with Crippen molar-refractivity contribution in [2.45, 2.75) is 19.0 Å². The maximum Gasteiger partial charge on any atom is 0.320 e. The van der Waals surface area contributed by atoms with Crippen LogP contribution in [0.5, 0.6) is 6.01 Å². The lowest BCUT2D eigenvalue weighted by Crippen LogP contribution is -2.27. The molecule has 0 fully saturated rings. The third kappa shape index (κ3) is 5.15. The quantitative estimate of drug-likeness (QED) is 0.332. The van der Waals surface area contributed by atoms with Gasteiger partial charge in [0.2, 0.25) is 0 Å². The Hall–Kier alpha value is -4.23. The molecule has 7 nitrogen and oxygen atoms in total. The van der Waals surface area contributed by atoms with E-state index in [0.29, 0.717) is 29.9 Å². The Morgan fingerprint density at radius 3 is 2.23 bits per heavy atom. The second-order valence-electron chi connectivity index (χ2n) is 8.38. The Morgan fingerprint density at radius 1 is 0.857 bits per heavy atom. The third-order valence-electron chi connectivity index (χ3n) is 5.93. The Morgan fingerprint density at radius 2 is 1.54 bits per heavy atom. The van der Waals surface area contributed by atoms with Crippen molar-refractivity contribution in [1.82, 2.24) is 19.5 Å². The minimum absolute atomic E-state index is 0.0445. The van der Waals surface area contributed by atoms with Crippen molar-refractivity contribution in [1.29, 1.82) is 0 Å². The summed E-state index contributed by atoms with van der Waals surface area (Å²) in [6, 6.07) is 28.9. The molecule has 0 aliphatic heterocycles. The summed E-state index contributed by atoms with van der Waals surface area (Å²) in [6.45, 7) is 0.565. The normalized spacial score (nSPS) is 11.9. The molecule has 0 aliphatic rings. The number of aromatic nitrogens is 4. The molecular weight excluding hydrogens is 438 g/mol. The minimum Gasteiger partial charge on any atom is -0.467 e. The van der Waals surface area contributed by atoms with E-state index < -0.39 is 0 Å². The van der Waals surface area contributed by atoms with Gasteiger partial charge in [0, 0.05) is 0 Å². The predicted octanol–water partition coefficient (Wildman–Crippen LogP) is 4.57. The summed E-state index contributed by atoms with van der Waals surface area (Å²) in [5, 5.41) is 13.3. The number of nitrogens with one attached hydrogen (secondary N) is 1. The number of ether oxygens (including phenoxy) is 1. The molecule has 0 amide bonds. The van der Waals surface area contributed by atoms with Gasteiger partial charge in [-0.05, 0) is 28.7 Å². The fourth-order valence-corrected chi connectivity index (χ4v) is 4.12. The SMILES string of the molecule is COc1nc(N[C@H](CO)Cc2ccccc2)c2ncn(Cc3ccc(-c4ccccc4)cc3)c2n1. The van der Waals surface area contributed by atoms with E-state index in [4.69, 9.17) is 4.74 Å². The molecule has 0 saturated carbocycles. The van der Waals surface area contributed by atoms with Crippen LogP contribution in [0.1, 0.15) is 11.1 Å². The van der Waals surface area contributed by atoms with Crippen LogP contribution in [0, 0.1) is 0 Å². The van der Waals surface area contributed by atoms with E-state index in [-0.39, 0.29) is 18.7 Å². The summed E-state index contributed by atoms with van der Waals surface area (Å²) in [5.74, 6) is 0.542. The van der Waals surface area contributed by atoms with Gasteiger partial charge in [0.15, 0.2) is 17.0 Å². The Labute approximate surface area is 204 Å². The maximum atomic E-state index is 9.99. The molecule has 0 bridgehead atoms. The van der Waals surface area contributed by atoms with Gasteiger partial charge in [-0.1, -0.05) is 84.9 Å². The van der Waals surface area contributed by atoms with E-state index in [9.17, 15) is 5.11 Å². The second-order valence-corrected chi connectivity index (χ2v) is 8.38. The van der Waals surface area contributed by atoms with Crippen LogP contribution in [0.25, 0.3) is 22.3 Å². The first kappa shape index (κ1) is 22.6. The zero-order valence-corrected chi connectivity index (χ0v) is 19.5. The van der Waals surface area contributed by atoms with E-state index in [1.807, 2.05) is 53.1 Å². The highest BCUT2D eigenvalue weighted by Gasteiger charge is 2.17. The van der Waals surface area contributed by atoms with Crippen LogP contribution in [-0.4, -0.2) is 44.4 Å². The molecule has 7 heteroatoms. The van der Waals surface area contributed by atoms with E-state index in [2.05, 4.69) is 56.7 Å². The first-order valence-corrected chi connectivity index (χ1v) is 11.6. The van der Waals surface area contributed by atoms with Gasteiger partial charge in [0.25, 0.3) is 0 Å². The third-order valence-corrected chi connectivity index (χ3v) is 5.93. The zero-order valence-electron chi connectivity index (χ0n) is 19.5. The van der Waals surface area contributed by atoms with Crippen molar-refractivity contribution in [2.24, 2.45) is 0 Å². The van der Waals surface area contributed by atoms with Crippen LogP contribution in [0.4, 0.5) is 5.82 Å². The monoisotopic (exact) mass is 465 g/mol. The average Bonchev–Trinajstić information content (AvgIpc) is 3.32. The van der Waals surface area contributed by atoms with E-state index in [0.717, 1.165) is 11.1 Å². The van der Waals surface area contributed by atoms with Gasteiger partial charge >= 0.3 is 6.01 Å².